The van der Waals surface area contributed by atoms with Gasteiger partial charge in [-0.15, -0.1) is 0 Å². The molecule has 0 aliphatic heterocycles. The van der Waals surface area contributed by atoms with Crippen molar-refractivity contribution in [2.24, 2.45) is 0 Å². The predicted octanol–water partition coefficient (Wildman–Crippen LogP) is 3.48. The van der Waals surface area contributed by atoms with E-state index < -0.39 is 16.1 Å². The lowest BCUT2D eigenvalue weighted by Gasteiger charge is -2.29. The molecular weight excluding hydrogens is 200 g/mol. The summed E-state index contributed by atoms with van der Waals surface area (Å²) in [5.74, 6) is 0. The van der Waals surface area contributed by atoms with Crippen LogP contribution in [-0.4, -0.2) is 16.1 Å². The molecule has 0 unspecified atom stereocenters. The van der Waals surface area contributed by atoms with Gasteiger partial charge in [0.05, 0.1) is 8.07 Å². The molecule has 2 heteroatoms. The van der Waals surface area contributed by atoms with E-state index in [0.29, 0.717) is 0 Å². The molecule has 78 valence electrons. The molecule has 0 saturated heterocycles. The summed E-state index contributed by atoms with van der Waals surface area (Å²) in [4.78, 5) is 0. The zero-order valence-electron chi connectivity index (χ0n) is 10.1. The number of rotatable bonds is 3. The van der Waals surface area contributed by atoms with E-state index in [9.17, 15) is 0 Å². The number of benzene rings is 1. The van der Waals surface area contributed by atoms with Crippen molar-refractivity contribution in [3.8, 4) is 0 Å². The maximum absolute atomic E-state index is 2.50. The fourth-order valence-corrected chi connectivity index (χ4v) is 14.8. The van der Waals surface area contributed by atoms with Crippen LogP contribution in [0.2, 0.25) is 38.4 Å². The Morgan fingerprint density at radius 2 is 1.36 bits per heavy atom. The zero-order valence-corrected chi connectivity index (χ0v) is 12.1. The summed E-state index contributed by atoms with van der Waals surface area (Å²) in [6.45, 7) is 12.4. The summed E-state index contributed by atoms with van der Waals surface area (Å²) in [5.41, 5.74) is 1.49. The molecule has 0 heterocycles. The van der Waals surface area contributed by atoms with Crippen LogP contribution in [0.5, 0.6) is 0 Å². The SMILES string of the molecule is C[Si](C)(C)C[Si](C)(C)c1ccccc1. The molecule has 0 nitrogen and oxygen atoms in total. The normalized spacial score (nSPS) is 12.9. The number of hydrogen-bond acceptors (Lipinski definition) is 0. The molecule has 0 saturated carbocycles. The van der Waals surface area contributed by atoms with Crippen LogP contribution in [0, 0.1) is 0 Å². The van der Waals surface area contributed by atoms with E-state index in [1.165, 1.54) is 5.67 Å². The van der Waals surface area contributed by atoms with E-state index in [1.54, 1.807) is 5.19 Å². The highest BCUT2D eigenvalue weighted by molar-refractivity contribution is 7.01. The topological polar surface area (TPSA) is 0 Å². The Labute approximate surface area is 90.4 Å². The third kappa shape index (κ3) is 3.42. The van der Waals surface area contributed by atoms with E-state index in [-0.39, 0.29) is 0 Å². The van der Waals surface area contributed by atoms with Gasteiger partial charge in [0, 0.05) is 8.07 Å². The monoisotopic (exact) mass is 222 g/mol. The summed E-state index contributed by atoms with van der Waals surface area (Å²) in [7, 11) is -2.07. The average molecular weight is 222 g/mol. The minimum absolute atomic E-state index is 0.914. The highest BCUT2D eigenvalue weighted by Gasteiger charge is 2.29. The van der Waals surface area contributed by atoms with Gasteiger partial charge in [0.1, 0.15) is 0 Å². The van der Waals surface area contributed by atoms with Crippen molar-refractivity contribution in [1.82, 2.24) is 0 Å². The van der Waals surface area contributed by atoms with Crippen molar-refractivity contribution >= 4 is 21.3 Å². The van der Waals surface area contributed by atoms with Gasteiger partial charge in [0.2, 0.25) is 0 Å². The van der Waals surface area contributed by atoms with Crippen LogP contribution >= 0.6 is 0 Å². The molecule has 0 bridgehead atoms. The molecule has 1 aromatic carbocycles. The second-order valence-corrected chi connectivity index (χ2v) is 16.9. The van der Waals surface area contributed by atoms with Gasteiger partial charge in [-0.05, 0) is 0 Å². The Balaban J connectivity index is 2.86. The van der Waals surface area contributed by atoms with Gasteiger partial charge >= 0.3 is 0 Å². The third-order valence-electron chi connectivity index (χ3n) is 2.53. The fraction of sp³-hybridized carbons (Fsp3) is 0.500. The predicted molar refractivity (Wildman–Crippen MR) is 71.7 cm³/mol. The van der Waals surface area contributed by atoms with Crippen LogP contribution in [0.1, 0.15) is 0 Å². The number of hydrogen-bond donors (Lipinski definition) is 0. The maximum Gasteiger partial charge on any atom is 0.0780 e. The van der Waals surface area contributed by atoms with E-state index in [4.69, 9.17) is 0 Å². The van der Waals surface area contributed by atoms with Crippen molar-refractivity contribution < 1.29 is 0 Å². The molecule has 0 radical (unpaired) electrons. The summed E-state index contributed by atoms with van der Waals surface area (Å²) in [6.07, 6.45) is 0. The Morgan fingerprint density at radius 1 is 0.857 bits per heavy atom. The first-order valence-corrected chi connectivity index (χ1v) is 12.3. The first-order valence-electron chi connectivity index (χ1n) is 5.37. The van der Waals surface area contributed by atoms with Crippen LogP contribution in [0.25, 0.3) is 0 Å². The Hall–Kier alpha value is -0.346. The molecule has 0 aliphatic carbocycles. The smallest absolute Gasteiger partial charge is 0.0697 e. The Kier molecular flexibility index (Phi) is 3.37. The zero-order chi connectivity index (χ0) is 10.8. The Bertz CT molecular complexity index is 283. The highest BCUT2D eigenvalue weighted by Crippen LogP contribution is 2.19. The lowest BCUT2D eigenvalue weighted by Crippen LogP contribution is -2.47. The van der Waals surface area contributed by atoms with Gasteiger partial charge in [-0.1, -0.05) is 73.9 Å². The van der Waals surface area contributed by atoms with Crippen molar-refractivity contribution in [3.63, 3.8) is 0 Å². The molecule has 1 rings (SSSR count). The molecule has 0 N–H and O–H groups in total. The van der Waals surface area contributed by atoms with Crippen LogP contribution < -0.4 is 5.19 Å². The van der Waals surface area contributed by atoms with Gasteiger partial charge in [-0.25, -0.2) is 0 Å². The molecular formula is C12H22Si2. The van der Waals surface area contributed by atoms with E-state index in [1.807, 2.05) is 0 Å². The minimum atomic E-state index is -1.15. The quantitative estimate of drug-likeness (QED) is 0.687. The van der Waals surface area contributed by atoms with Gasteiger partial charge < -0.3 is 0 Å². The summed E-state index contributed by atoms with van der Waals surface area (Å²) in [5, 5.41) is 1.61. The van der Waals surface area contributed by atoms with Crippen LogP contribution in [0.3, 0.4) is 0 Å². The summed E-state index contributed by atoms with van der Waals surface area (Å²) >= 11 is 0. The van der Waals surface area contributed by atoms with Crippen LogP contribution in [0.4, 0.5) is 0 Å². The van der Waals surface area contributed by atoms with E-state index in [2.05, 4.69) is 63.1 Å². The van der Waals surface area contributed by atoms with Crippen LogP contribution in [0.15, 0.2) is 30.3 Å². The summed E-state index contributed by atoms with van der Waals surface area (Å²) < 4.78 is 0. The van der Waals surface area contributed by atoms with Crippen molar-refractivity contribution in [1.29, 1.82) is 0 Å². The standard InChI is InChI=1S/C12H22Si2/c1-13(2,3)11-14(4,5)12-9-7-6-8-10-12/h6-10H,11H2,1-5H3. The highest BCUT2D eigenvalue weighted by atomic mass is 28.4. The lowest BCUT2D eigenvalue weighted by atomic mass is 10.4. The largest absolute Gasteiger partial charge is 0.0780 e. The third-order valence-corrected chi connectivity index (χ3v) is 12.2. The molecule has 0 aromatic heterocycles. The van der Waals surface area contributed by atoms with Crippen molar-refractivity contribution in [2.45, 2.75) is 38.4 Å². The van der Waals surface area contributed by atoms with Gasteiger partial charge in [0.25, 0.3) is 0 Å². The molecule has 0 atom stereocenters. The first-order chi connectivity index (χ1) is 6.31. The van der Waals surface area contributed by atoms with Crippen molar-refractivity contribution in [2.75, 3.05) is 0 Å². The molecule has 14 heavy (non-hydrogen) atoms. The van der Waals surface area contributed by atoms with Crippen LogP contribution in [-0.2, 0) is 0 Å². The van der Waals surface area contributed by atoms with Crippen molar-refractivity contribution in [3.05, 3.63) is 30.3 Å². The fourth-order valence-electron chi connectivity index (χ4n) is 2.32. The van der Waals surface area contributed by atoms with Gasteiger partial charge in [-0.3, -0.25) is 0 Å². The first kappa shape index (κ1) is 11.7. The molecule has 0 aliphatic rings. The molecule has 0 spiro atoms. The lowest BCUT2D eigenvalue weighted by molar-refractivity contribution is 1.53. The van der Waals surface area contributed by atoms with Gasteiger partial charge in [-0.2, -0.15) is 0 Å². The van der Waals surface area contributed by atoms with E-state index in [0.717, 1.165) is 0 Å². The second-order valence-electron chi connectivity index (χ2n) is 5.99. The van der Waals surface area contributed by atoms with E-state index >= 15 is 0 Å². The second kappa shape index (κ2) is 4.03. The Morgan fingerprint density at radius 3 is 1.79 bits per heavy atom. The van der Waals surface area contributed by atoms with Gasteiger partial charge in [0.15, 0.2) is 0 Å². The molecule has 0 amide bonds. The molecule has 1 aromatic rings. The maximum atomic E-state index is 2.50. The minimum Gasteiger partial charge on any atom is -0.0697 e. The summed E-state index contributed by atoms with van der Waals surface area (Å²) in [6, 6.07) is 11.1. The molecule has 0 fully saturated rings. The average Bonchev–Trinajstić information content (AvgIpc) is 2.01.